The van der Waals surface area contributed by atoms with Crippen LogP contribution in [0.15, 0.2) is 6.20 Å². The molecule has 0 aromatic carbocycles. The first-order valence-electron chi connectivity index (χ1n) is 7.67. The number of phosphoric acid groups is 3. The number of hydrogen-bond acceptors (Lipinski definition) is 11. The van der Waals surface area contributed by atoms with E-state index in [0.717, 1.165) is 10.8 Å². The first-order chi connectivity index (χ1) is 13.5. The summed E-state index contributed by atoms with van der Waals surface area (Å²) in [4.78, 5) is 39.1. The maximum Gasteiger partial charge on any atom is 0.490 e. The number of nitrogens with zero attached hydrogens (tertiary/aromatic N) is 2. The molecule has 7 N–H and O–H groups in total. The Bertz CT molecular complexity index is 1000. The maximum absolute atomic E-state index is 13.7. The Morgan fingerprint density at radius 1 is 1.27 bits per heavy atom. The number of aromatic nitrogens is 2. The largest absolute Gasteiger partial charge is 0.490 e. The molecule has 2 rings (SSSR count). The molecule has 6 atom stereocenters. The third-order valence-corrected chi connectivity index (χ3v) is 7.81. The number of aliphatic hydroxyl groups excluding tert-OH is 1. The standard InChI is InChI=1S/C10H17FN3O12P3S/c1-4-7(15)6(24-9(4)14-2-5(11)8(12)13-10(14)30)3-23-28(19,20)26-29(21,22)25-27(16,17)18/h2,4,6-7,9,15H,3H2,1H3,(H,19,20)(H,21,22)(H2,12,13,30)(H2,16,17,18). The van der Waals surface area contributed by atoms with Crippen molar-refractivity contribution in [1.82, 2.24) is 9.55 Å². The van der Waals surface area contributed by atoms with Gasteiger partial charge in [0.1, 0.15) is 12.3 Å². The van der Waals surface area contributed by atoms with Gasteiger partial charge < -0.3 is 35.2 Å². The lowest BCUT2D eigenvalue weighted by Gasteiger charge is -2.20. The van der Waals surface area contributed by atoms with Crippen molar-refractivity contribution in [3.05, 3.63) is 16.8 Å². The van der Waals surface area contributed by atoms with Crippen LogP contribution in [-0.4, -0.2) is 53.0 Å². The maximum atomic E-state index is 13.7. The van der Waals surface area contributed by atoms with Crippen molar-refractivity contribution in [2.75, 3.05) is 12.3 Å². The molecule has 1 aromatic heterocycles. The molecule has 30 heavy (non-hydrogen) atoms. The van der Waals surface area contributed by atoms with Gasteiger partial charge in [-0.05, 0) is 12.2 Å². The highest BCUT2D eigenvalue weighted by atomic mass is 32.1. The Hall–Kier alpha value is -0.640. The summed E-state index contributed by atoms with van der Waals surface area (Å²) in [5, 5.41) is 10.3. The van der Waals surface area contributed by atoms with Crippen LogP contribution >= 0.6 is 35.7 Å². The molecule has 1 saturated heterocycles. The van der Waals surface area contributed by atoms with E-state index in [0.29, 0.717) is 0 Å². The van der Waals surface area contributed by atoms with Crippen LogP contribution < -0.4 is 5.73 Å². The van der Waals surface area contributed by atoms with Gasteiger partial charge in [-0.25, -0.2) is 18.1 Å². The van der Waals surface area contributed by atoms with E-state index >= 15 is 0 Å². The van der Waals surface area contributed by atoms with E-state index in [1.54, 1.807) is 0 Å². The average molecular weight is 515 g/mol. The monoisotopic (exact) mass is 515 g/mol. The predicted octanol–water partition coefficient (Wildman–Crippen LogP) is 0.572. The third-order valence-electron chi connectivity index (χ3n) is 3.71. The van der Waals surface area contributed by atoms with Crippen LogP contribution in [0.3, 0.4) is 0 Å². The smallest absolute Gasteiger partial charge is 0.390 e. The summed E-state index contributed by atoms with van der Waals surface area (Å²) < 4.78 is 65.3. The molecular weight excluding hydrogens is 498 g/mol. The second-order valence-electron chi connectivity index (χ2n) is 5.97. The molecule has 1 fully saturated rings. The van der Waals surface area contributed by atoms with Crippen molar-refractivity contribution in [2.24, 2.45) is 5.92 Å². The molecule has 0 radical (unpaired) electrons. The van der Waals surface area contributed by atoms with Crippen LogP contribution in [0.5, 0.6) is 0 Å². The highest BCUT2D eigenvalue weighted by Crippen LogP contribution is 2.66. The summed E-state index contributed by atoms with van der Waals surface area (Å²) in [6.45, 7) is 0.597. The lowest BCUT2D eigenvalue weighted by molar-refractivity contribution is -0.0463. The molecule has 0 amide bonds. The molecular formula is C10H17FN3O12P3S. The SMILES string of the molecule is CC1C(O)C(COP(=O)(O)OP(=O)(O)OP(=O)(O)O)OC1n1cc(F)c(N)nc1=S. The van der Waals surface area contributed by atoms with E-state index < -0.39 is 66.1 Å². The Kier molecular flexibility index (Phi) is 7.75. The van der Waals surface area contributed by atoms with Gasteiger partial charge in [0.2, 0.25) is 4.77 Å². The fraction of sp³-hybridized carbons (Fsp3) is 0.600. The van der Waals surface area contributed by atoms with Gasteiger partial charge >= 0.3 is 23.5 Å². The molecule has 1 aliphatic rings. The first kappa shape index (κ1) is 25.6. The lowest BCUT2D eigenvalue weighted by atomic mass is 10.0. The summed E-state index contributed by atoms with van der Waals surface area (Å²) in [6.07, 6.45) is -2.85. The zero-order chi connectivity index (χ0) is 23.1. The van der Waals surface area contributed by atoms with Gasteiger partial charge in [0, 0.05) is 12.1 Å². The molecule has 0 aliphatic carbocycles. The van der Waals surface area contributed by atoms with Crippen LogP contribution in [0.4, 0.5) is 10.2 Å². The minimum atomic E-state index is -5.69. The van der Waals surface area contributed by atoms with Crippen molar-refractivity contribution in [3.63, 3.8) is 0 Å². The minimum absolute atomic E-state index is 0.175. The number of aliphatic hydroxyl groups is 1. The molecule has 20 heteroatoms. The van der Waals surface area contributed by atoms with E-state index in [1.165, 1.54) is 6.92 Å². The molecule has 15 nitrogen and oxygen atoms in total. The van der Waals surface area contributed by atoms with Crippen LogP contribution in [-0.2, 0) is 31.6 Å². The van der Waals surface area contributed by atoms with Crippen molar-refractivity contribution in [1.29, 1.82) is 0 Å². The Morgan fingerprint density at radius 3 is 2.43 bits per heavy atom. The molecule has 6 unspecified atom stereocenters. The molecule has 0 spiro atoms. The van der Waals surface area contributed by atoms with Gasteiger partial charge in [-0.15, -0.1) is 0 Å². The van der Waals surface area contributed by atoms with E-state index in [9.17, 15) is 28.1 Å². The number of phosphoric ester groups is 1. The van der Waals surface area contributed by atoms with Gasteiger partial charge in [-0.1, -0.05) is 6.92 Å². The highest BCUT2D eigenvalue weighted by molar-refractivity contribution is 7.71. The summed E-state index contributed by atoms with van der Waals surface area (Å²) in [7, 11) is -16.6. The minimum Gasteiger partial charge on any atom is -0.390 e. The second kappa shape index (κ2) is 9.08. The van der Waals surface area contributed by atoms with E-state index in [1.807, 2.05) is 0 Å². The predicted molar refractivity (Wildman–Crippen MR) is 96.3 cm³/mol. The summed E-state index contributed by atoms with van der Waals surface area (Å²) in [6, 6.07) is 0. The molecule has 1 aliphatic heterocycles. The molecule has 2 heterocycles. The van der Waals surface area contributed by atoms with Crippen LogP contribution in [0.25, 0.3) is 0 Å². The lowest BCUT2D eigenvalue weighted by Crippen LogP contribution is -2.29. The normalized spacial score (nSPS) is 28.8. The van der Waals surface area contributed by atoms with Crippen molar-refractivity contribution in [3.8, 4) is 0 Å². The number of halogens is 1. The average Bonchev–Trinajstić information content (AvgIpc) is 2.81. The number of rotatable bonds is 8. The van der Waals surface area contributed by atoms with Gasteiger partial charge in [0.25, 0.3) is 0 Å². The van der Waals surface area contributed by atoms with Gasteiger partial charge in [0.05, 0.1) is 12.7 Å². The zero-order valence-electron chi connectivity index (χ0n) is 14.8. The van der Waals surface area contributed by atoms with Crippen molar-refractivity contribution >= 4 is 41.5 Å². The van der Waals surface area contributed by atoms with Gasteiger partial charge in [-0.2, -0.15) is 13.6 Å². The topological polar surface area (TPSA) is 233 Å². The number of hydrogen-bond donors (Lipinski definition) is 6. The Morgan fingerprint density at radius 2 is 1.87 bits per heavy atom. The number of ether oxygens (including phenoxy) is 1. The fourth-order valence-electron chi connectivity index (χ4n) is 2.46. The number of anilines is 1. The first-order valence-corrected chi connectivity index (χ1v) is 12.6. The van der Waals surface area contributed by atoms with Crippen LogP contribution in [0.2, 0.25) is 0 Å². The van der Waals surface area contributed by atoms with Crippen LogP contribution in [0.1, 0.15) is 13.2 Å². The molecule has 172 valence electrons. The van der Waals surface area contributed by atoms with E-state index in [4.69, 9.17) is 37.4 Å². The summed E-state index contributed by atoms with van der Waals surface area (Å²) in [5.74, 6) is -2.12. The van der Waals surface area contributed by atoms with E-state index in [2.05, 4.69) is 18.1 Å². The Balaban J connectivity index is 2.09. The molecule has 0 saturated carbocycles. The van der Waals surface area contributed by atoms with Crippen molar-refractivity contribution < 1.29 is 60.6 Å². The molecule has 0 bridgehead atoms. The number of nitrogens with two attached hydrogens (primary N) is 1. The van der Waals surface area contributed by atoms with Gasteiger partial charge in [-0.3, -0.25) is 9.09 Å². The fourth-order valence-corrected chi connectivity index (χ4v) is 5.74. The molecule has 1 aromatic rings. The second-order valence-corrected chi connectivity index (χ2v) is 10.8. The number of nitrogen functional groups attached to an aromatic ring is 1. The zero-order valence-corrected chi connectivity index (χ0v) is 18.3. The third kappa shape index (κ3) is 6.68. The Labute approximate surface area is 172 Å². The van der Waals surface area contributed by atoms with Crippen molar-refractivity contribution in [2.45, 2.75) is 25.4 Å². The van der Waals surface area contributed by atoms with Gasteiger partial charge in [0.15, 0.2) is 11.6 Å². The van der Waals surface area contributed by atoms with E-state index in [-0.39, 0.29) is 4.77 Å². The van der Waals surface area contributed by atoms with Crippen LogP contribution in [0, 0.1) is 16.5 Å². The quantitative estimate of drug-likeness (QED) is 0.205. The summed E-state index contributed by atoms with van der Waals surface area (Å²) >= 11 is 4.96. The summed E-state index contributed by atoms with van der Waals surface area (Å²) in [5.41, 5.74) is 5.31. The highest BCUT2D eigenvalue weighted by Gasteiger charge is 2.45.